The molecule has 0 saturated heterocycles. The second kappa shape index (κ2) is 7.85. The molecule has 0 aliphatic carbocycles. The first-order valence-corrected chi connectivity index (χ1v) is 10.9. The molecule has 8 heteroatoms. The van der Waals surface area contributed by atoms with Crippen molar-refractivity contribution in [1.82, 2.24) is 9.13 Å². The van der Waals surface area contributed by atoms with E-state index in [-0.39, 0.29) is 0 Å². The van der Waals surface area contributed by atoms with Crippen LogP contribution in [0.2, 0.25) is 0 Å². The number of ether oxygens (including phenoxy) is 1. The standard InChI is InChI=1S/C22H18BrFN2O3S/c1-4-25-21-18(20(27)26(22(25)28)15-8-6-14(24)7-9-15)12(2)19(30-21)13-5-10-16(23)17(11-13)29-3/h5-11H,4H2,1-3H3. The van der Waals surface area contributed by atoms with Crippen molar-refractivity contribution in [3.05, 3.63) is 79.2 Å². The van der Waals surface area contributed by atoms with Crippen molar-refractivity contribution < 1.29 is 9.13 Å². The van der Waals surface area contributed by atoms with Crippen molar-refractivity contribution in [2.75, 3.05) is 7.11 Å². The van der Waals surface area contributed by atoms with E-state index in [0.29, 0.717) is 28.2 Å². The highest BCUT2D eigenvalue weighted by Gasteiger charge is 2.21. The topological polar surface area (TPSA) is 53.2 Å². The van der Waals surface area contributed by atoms with Crippen LogP contribution in [-0.2, 0) is 6.54 Å². The summed E-state index contributed by atoms with van der Waals surface area (Å²) in [4.78, 5) is 28.0. The minimum absolute atomic E-state index is 0.341. The van der Waals surface area contributed by atoms with Crippen molar-refractivity contribution >= 4 is 37.5 Å². The van der Waals surface area contributed by atoms with Gasteiger partial charge >= 0.3 is 5.69 Å². The Morgan fingerprint density at radius 1 is 1.13 bits per heavy atom. The van der Waals surface area contributed by atoms with Gasteiger partial charge in [0.25, 0.3) is 5.56 Å². The van der Waals surface area contributed by atoms with Crippen LogP contribution < -0.4 is 16.0 Å². The monoisotopic (exact) mass is 488 g/mol. The molecular formula is C22H18BrFN2O3S. The first kappa shape index (κ1) is 20.6. The molecule has 0 unspecified atom stereocenters. The molecule has 0 saturated carbocycles. The molecule has 2 aromatic carbocycles. The van der Waals surface area contributed by atoms with Gasteiger partial charge in [-0.15, -0.1) is 11.3 Å². The highest BCUT2D eigenvalue weighted by Crippen LogP contribution is 2.39. The van der Waals surface area contributed by atoms with Crippen LogP contribution in [0.3, 0.4) is 0 Å². The fourth-order valence-corrected chi connectivity index (χ4v) is 5.28. The first-order chi connectivity index (χ1) is 14.4. The van der Waals surface area contributed by atoms with E-state index in [4.69, 9.17) is 4.74 Å². The van der Waals surface area contributed by atoms with Gasteiger partial charge in [-0.25, -0.2) is 13.8 Å². The molecule has 0 aliphatic heterocycles. The number of benzene rings is 2. The molecule has 154 valence electrons. The van der Waals surface area contributed by atoms with Gasteiger partial charge in [-0.2, -0.15) is 0 Å². The third-order valence-corrected chi connectivity index (χ3v) is 7.05. The molecule has 2 heterocycles. The zero-order valence-corrected chi connectivity index (χ0v) is 18.9. The number of hydrogen-bond donors (Lipinski definition) is 0. The Morgan fingerprint density at radius 2 is 1.83 bits per heavy atom. The third kappa shape index (κ3) is 3.20. The molecule has 0 spiro atoms. The molecule has 0 aliphatic rings. The van der Waals surface area contributed by atoms with E-state index in [0.717, 1.165) is 25.0 Å². The normalized spacial score (nSPS) is 11.2. The van der Waals surface area contributed by atoms with Gasteiger partial charge in [-0.1, -0.05) is 6.07 Å². The van der Waals surface area contributed by atoms with Crippen LogP contribution in [0.15, 0.2) is 56.5 Å². The van der Waals surface area contributed by atoms with Gasteiger partial charge in [0, 0.05) is 11.4 Å². The van der Waals surface area contributed by atoms with Gasteiger partial charge in [-0.3, -0.25) is 9.36 Å². The third-order valence-electron chi connectivity index (χ3n) is 5.03. The quantitative estimate of drug-likeness (QED) is 0.400. The Hall–Kier alpha value is -2.71. The molecule has 0 amide bonds. The molecule has 0 N–H and O–H groups in total. The maximum atomic E-state index is 13.4. The first-order valence-electron chi connectivity index (χ1n) is 9.26. The van der Waals surface area contributed by atoms with E-state index in [1.54, 1.807) is 11.7 Å². The summed E-state index contributed by atoms with van der Waals surface area (Å²) >= 11 is 4.86. The number of rotatable bonds is 4. The van der Waals surface area contributed by atoms with Gasteiger partial charge in [0.1, 0.15) is 16.4 Å². The molecular weight excluding hydrogens is 471 g/mol. The summed E-state index contributed by atoms with van der Waals surface area (Å²) in [5, 5.41) is 0.489. The van der Waals surface area contributed by atoms with Crippen LogP contribution in [0.25, 0.3) is 26.3 Å². The zero-order valence-electron chi connectivity index (χ0n) is 16.5. The van der Waals surface area contributed by atoms with Crippen LogP contribution in [0.4, 0.5) is 4.39 Å². The Labute approximate surface area is 184 Å². The number of methoxy groups -OCH3 is 1. The number of nitrogens with zero attached hydrogens (tertiary/aromatic N) is 2. The highest BCUT2D eigenvalue weighted by atomic mass is 79.9. The molecule has 5 nitrogen and oxygen atoms in total. The van der Waals surface area contributed by atoms with Crippen molar-refractivity contribution in [2.45, 2.75) is 20.4 Å². The van der Waals surface area contributed by atoms with Gasteiger partial charge in [0.05, 0.1) is 22.7 Å². The van der Waals surface area contributed by atoms with Crippen LogP contribution in [0.5, 0.6) is 5.75 Å². The largest absolute Gasteiger partial charge is 0.496 e. The number of fused-ring (bicyclic) bond motifs is 1. The smallest absolute Gasteiger partial charge is 0.336 e. The number of aromatic nitrogens is 2. The van der Waals surface area contributed by atoms with E-state index in [1.807, 2.05) is 32.0 Å². The number of thiophene rings is 1. The minimum Gasteiger partial charge on any atom is -0.496 e. The lowest BCUT2D eigenvalue weighted by Crippen LogP contribution is -2.38. The number of aryl methyl sites for hydroxylation is 2. The highest BCUT2D eigenvalue weighted by molar-refractivity contribution is 9.10. The second-order valence-electron chi connectivity index (χ2n) is 6.73. The average Bonchev–Trinajstić information content (AvgIpc) is 3.07. The lowest BCUT2D eigenvalue weighted by molar-refractivity contribution is 0.412. The molecule has 0 atom stereocenters. The van der Waals surface area contributed by atoms with E-state index >= 15 is 0 Å². The van der Waals surface area contributed by atoms with Gasteiger partial charge in [0.2, 0.25) is 0 Å². The van der Waals surface area contributed by atoms with Gasteiger partial charge in [-0.05, 0) is 77.3 Å². The Kier molecular flexibility index (Phi) is 5.38. The average molecular weight is 489 g/mol. The van der Waals surface area contributed by atoms with Crippen molar-refractivity contribution in [3.8, 4) is 21.9 Å². The zero-order chi connectivity index (χ0) is 21.6. The lowest BCUT2D eigenvalue weighted by Gasteiger charge is -2.10. The number of halogens is 2. The van der Waals surface area contributed by atoms with E-state index in [9.17, 15) is 14.0 Å². The Bertz CT molecular complexity index is 1390. The second-order valence-corrected chi connectivity index (χ2v) is 8.58. The summed E-state index contributed by atoms with van der Waals surface area (Å²) in [6.45, 7) is 4.14. The summed E-state index contributed by atoms with van der Waals surface area (Å²) in [5.74, 6) is 0.253. The maximum Gasteiger partial charge on any atom is 0.336 e. The summed E-state index contributed by atoms with van der Waals surface area (Å²) in [6, 6.07) is 11.1. The van der Waals surface area contributed by atoms with Crippen molar-refractivity contribution in [3.63, 3.8) is 0 Å². The van der Waals surface area contributed by atoms with Crippen LogP contribution in [-0.4, -0.2) is 16.2 Å². The minimum atomic E-state index is -0.442. The predicted octanol–water partition coefficient (Wildman–Crippen LogP) is 5.12. The number of hydrogen-bond acceptors (Lipinski definition) is 4. The van der Waals surface area contributed by atoms with E-state index in [1.165, 1.54) is 35.6 Å². The fraction of sp³-hybridized carbons (Fsp3) is 0.182. The van der Waals surface area contributed by atoms with Crippen LogP contribution in [0.1, 0.15) is 12.5 Å². The van der Waals surface area contributed by atoms with Crippen molar-refractivity contribution in [2.24, 2.45) is 0 Å². The lowest BCUT2D eigenvalue weighted by atomic mass is 10.1. The fourth-order valence-electron chi connectivity index (χ4n) is 3.52. The van der Waals surface area contributed by atoms with Gasteiger partial charge < -0.3 is 4.74 Å². The molecule has 0 fully saturated rings. The van der Waals surface area contributed by atoms with Gasteiger partial charge in [0.15, 0.2) is 0 Å². The summed E-state index contributed by atoms with van der Waals surface area (Å²) in [5.41, 5.74) is 1.19. The van der Waals surface area contributed by atoms with Crippen molar-refractivity contribution in [1.29, 1.82) is 0 Å². The molecule has 0 bridgehead atoms. The Morgan fingerprint density at radius 3 is 2.47 bits per heavy atom. The molecule has 0 radical (unpaired) electrons. The molecule has 2 aromatic heterocycles. The molecule has 4 aromatic rings. The van der Waals surface area contributed by atoms with E-state index in [2.05, 4.69) is 15.9 Å². The maximum absolute atomic E-state index is 13.4. The SMILES string of the molecule is CCn1c(=O)n(-c2ccc(F)cc2)c(=O)c2c(C)c(-c3ccc(Br)c(OC)c3)sc21. The predicted molar refractivity (Wildman–Crippen MR) is 122 cm³/mol. The summed E-state index contributed by atoms with van der Waals surface area (Å²) in [6.07, 6.45) is 0. The van der Waals surface area contributed by atoms with E-state index < -0.39 is 17.1 Å². The molecule has 30 heavy (non-hydrogen) atoms. The summed E-state index contributed by atoms with van der Waals surface area (Å²) in [7, 11) is 1.59. The Balaban J connectivity index is 2.06. The molecule has 4 rings (SSSR count). The van der Waals surface area contributed by atoms with Crippen LogP contribution >= 0.6 is 27.3 Å². The summed E-state index contributed by atoms with van der Waals surface area (Å²) < 4.78 is 22.3. The van der Waals surface area contributed by atoms with Crippen LogP contribution in [0, 0.1) is 12.7 Å².